The number of phenolic OH excluding ortho intramolecular Hbond substituents is 1. The van der Waals surface area contributed by atoms with Gasteiger partial charge >= 0.3 is 0 Å². The van der Waals surface area contributed by atoms with Gasteiger partial charge in [0.2, 0.25) is 0 Å². The molecule has 5 heteroatoms. The highest BCUT2D eigenvalue weighted by Gasteiger charge is 2.16. The lowest BCUT2D eigenvalue weighted by Gasteiger charge is -2.18. The van der Waals surface area contributed by atoms with Gasteiger partial charge in [0.25, 0.3) is 5.91 Å². The van der Waals surface area contributed by atoms with Gasteiger partial charge in [0.15, 0.2) is 0 Å². The van der Waals surface area contributed by atoms with E-state index in [1.165, 1.54) is 13.2 Å². The summed E-state index contributed by atoms with van der Waals surface area (Å²) in [6.45, 7) is 0.645. The summed E-state index contributed by atoms with van der Waals surface area (Å²) in [5.74, 6) is 0.964. The van der Waals surface area contributed by atoms with E-state index < -0.39 is 0 Å². The van der Waals surface area contributed by atoms with Crippen LogP contribution in [0.25, 0.3) is 0 Å². The molecule has 0 atom stereocenters. The minimum absolute atomic E-state index is 0.0293. The number of methoxy groups -OCH3 is 1. The van der Waals surface area contributed by atoms with Gasteiger partial charge in [-0.1, -0.05) is 6.42 Å². The number of carbonyl (C=O) groups excluding carboxylic acids is 1. The molecule has 0 radical (unpaired) electrons. The van der Waals surface area contributed by atoms with E-state index in [4.69, 9.17) is 16.3 Å². The van der Waals surface area contributed by atoms with Crippen LogP contribution in [0.15, 0.2) is 18.2 Å². The van der Waals surface area contributed by atoms with E-state index in [1.54, 1.807) is 24.1 Å². The van der Waals surface area contributed by atoms with Gasteiger partial charge < -0.3 is 14.7 Å². The average molecular weight is 286 g/mol. The van der Waals surface area contributed by atoms with E-state index in [0.29, 0.717) is 18.2 Å². The van der Waals surface area contributed by atoms with Gasteiger partial charge in [0, 0.05) is 19.5 Å². The van der Waals surface area contributed by atoms with Crippen molar-refractivity contribution < 1.29 is 14.6 Å². The monoisotopic (exact) mass is 285 g/mol. The van der Waals surface area contributed by atoms with E-state index in [-0.39, 0.29) is 17.2 Å². The van der Waals surface area contributed by atoms with Crippen molar-refractivity contribution >= 4 is 17.5 Å². The van der Waals surface area contributed by atoms with Gasteiger partial charge in [0.1, 0.15) is 11.5 Å². The molecule has 1 aromatic carbocycles. The van der Waals surface area contributed by atoms with Gasteiger partial charge in [-0.05, 0) is 31.0 Å². The zero-order chi connectivity index (χ0) is 14.3. The maximum Gasteiger partial charge on any atom is 0.257 e. The van der Waals surface area contributed by atoms with Crippen LogP contribution >= 0.6 is 11.6 Å². The third-order valence-corrected chi connectivity index (χ3v) is 3.18. The Morgan fingerprint density at radius 3 is 2.74 bits per heavy atom. The SMILES string of the molecule is COc1ccc(O)c(C(=O)N(C)CCCCCCl)c1. The highest BCUT2D eigenvalue weighted by Crippen LogP contribution is 2.24. The number of ether oxygens (including phenoxy) is 1. The van der Waals surface area contributed by atoms with Crippen LogP contribution in [0.1, 0.15) is 29.6 Å². The molecule has 1 rings (SSSR count). The molecule has 0 aliphatic rings. The minimum Gasteiger partial charge on any atom is -0.507 e. The maximum atomic E-state index is 12.2. The molecule has 19 heavy (non-hydrogen) atoms. The highest BCUT2D eigenvalue weighted by atomic mass is 35.5. The number of carbonyl (C=O) groups is 1. The molecule has 0 bridgehead atoms. The number of unbranched alkanes of at least 4 members (excludes halogenated alkanes) is 2. The van der Waals surface area contributed by atoms with Crippen LogP contribution in [-0.2, 0) is 0 Å². The molecule has 0 aliphatic heterocycles. The molecule has 0 aliphatic carbocycles. The zero-order valence-electron chi connectivity index (χ0n) is 11.4. The second kappa shape index (κ2) is 7.89. The quantitative estimate of drug-likeness (QED) is 0.619. The number of benzene rings is 1. The first-order valence-electron chi connectivity index (χ1n) is 6.28. The summed E-state index contributed by atoms with van der Waals surface area (Å²) in [7, 11) is 3.25. The third kappa shape index (κ3) is 4.63. The van der Waals surface area contributed by atoms with E-state index in [2.05, 4.69) is 0 Å². The summed E-state index contributed by atoms with van der Waals surface area (Å²) in [5.41, 5.74) is 0.263. The molecule has 1 amide bonds. The molecule has 0 unspecified atom stereocenters. The Bertz CT molecular complexity index is 423. The summed E-state index contributed by atoms with van der Waals surface area (Å²) >= 11 is 5.60. The summed E-state index contributed by atoms with van der Waals surface area (Å²) in [6, 6.07) is 4.63. The molecular formula is C14H20ClNO3. The van der Waals surface area contributed by atoms with Crippen LogP contribution in [0.4, 0.5) is 0 Å². The van der Waals surface area contributed by atoms with Crippen molar-refractivity contribution in [2.45, 2.75) is 19.3 Å². The van der Waals surface area contributed by atoms with Crippen molar-refractivity contribution in [3.05, 3.63) is 23.8 Å². The second-order valence-corrected chi connectivity index (χ2v) is 4.74. The van der Waals surface area contributed by atoms with Crippen molar-refractivity contribution in [1.82, 2.24) is 4.90 Å². The molecule has 1 aromatic rings. The van der Waals surface area contributed by atoms with Crippen LogP contribution < -0.4 is 4.74 Å². The fourth-order valence-electron chi connectivity index (χ4n) is 1.74. The highest BCUT2D eigenvalue weighted by molar-refractivity contribution is 6.17. The van der Waals surface area contributed by atoms with E-state index in [9.17, 15) is 9.90 Å². The lowest BCUT2D eigenvalue weighted by Crippen LogP contribution is -2.27. The molecule has 0 fully saturated rings. The summed E-state index contributed by atoms with van der Waals surface area (Å²) < 4.78 is 5.06. The Labute approximate surface area is 118 Å². The Morgan fingerprint density at radius 2 is 2.11 bits per heavy atom. The Balaban J connectivity index is 2.65. The van der Waals surface area contributed by atoms with Gasteiger partial charge in [-0.2, -0.15) is 0 Å². The van der Waals surface area contributed by atoms with Gasteiger partial charge in [-0.3, -0.25) is 4.79 Å². The summed E-state index contributed by atoms with van der Waals surface area (Å²) in [4.78, 5) is 13.8. The molecule has 0 aromatic heterocycles. The number of phenols is 1. The molecular weight excluding hydrogens is 266 g/mol. The van der Waals surface area contributed by atoms with Crippen LogP contribution in [0, 0.1) is 0 Å². The largest absolute Gasteiger partial charge is 0.507 e. The normalized spacial score (nSPS) is 10.3. The van der Waals surface area contributed by atoms with Crippen molar-refractivity contribution in [3.63, 3.8) is 0 Å². The van der Waals surface area contributed by atoms with E-state index >= 15 is 0 Å². The van der Waals surface area contributed by atoms with E-state index in [1.807, 2.05) is 0 Å². The van der Waals surface area contributed by atoms with Crippen molar-refractivity contribution in [3.8, 4) is 11.5 Å². The van der Waals surface area contributed by atoms with Crippen LogP contribution in [0.3, 0.4) is 0 Å². The van der Waals surface area contributed by atoms with Gasteiger partial charge in [0.05, 0.1) is 12.7 Å². The summed E-state index contributed by atoms with van der Waals surface area (Å²) in [5, 5.41) is 9.74. The van der Waals surface area contributed by atoms with Crippen LogP contribution in [-0.4, -0.2) is 42.5 Å². The number of halogens is 1. The molecule has 0 saturated heterocycles. The number of amides is 1. The number of aromatic hydroxyl groups is 1. The van der Waals surface area contributed by atoms with Crippen molar-refractivity contribution in [2.75, 3.05) is 26.6 Å². The predicted octanol–water partition coefficient (Wildman–Crippen LogP) is 2.88. The van der Waals surface area contributed by atoms with E-state index in [0.717, 1.165) is 19.3 Å². The number of nitrogens with zero attached hydrogens (tertiary/aromatic N) is 1. The van der Waals surface area contributed by atoms with Crippen molar-refractivity contribution in [1.29, 1.82) is 0 Å². The Kier molecular flexibility index (Phi) is 6.50. The number of hydrogen-bond acceptors (Lipinski definition) is 3. The molecule has 1 N–H and O–H groups in total. The first-order valence-corrected chi connectivity index (χ1v) is 6.82. The zero-order valence-corrected chi connectivity index (χ0v) is 12.1. The van der Waals surface area contributed by atoms with Crippen molar-refractivity contribution in [2.24, 2.45) is 0 Å². The maximum absolute atomic E-state index is 12.2. The Morgan fingerprint density at radius 1 is 1.37 bits per heavy atom. The molecule has 0 saturated carbocycles. The topological polar surface area (TPSA) is 49.8 Å². The molecule has 4 nitrogen and oxygen atoms in total. The van der Waals surface area contributed by atoms with Gasteiger partial charge in [-0.15, -0.1) is 11.6 Å². The average Bonchev–Trinajstić information content (AvgIpc) is 2.43. The fraction of sp³-hybridized carbons (Fsp3) is 0.500. The third-order valence-electron chi connectivity index (χ3n) is 2.91. The summed E-state index contributed by atoms with van der Waals surface area (Å²) in [6.07, 6.45) is 2.85. The van der Waals surface area contributed by atoms with Crippen LogP contribution in [0.2, 0.25) is 0 Å². The number of alkyl halides is 1. The lowest BCUT2D eigenvalue weighted by molar-refractivity contribution is 0.0789. The number of hydrogen-bond donors (Lipinski definition) is 1. The lowest BCUT2D eigenvalue weighted by atomic mass is 10.1. The fourth-order valence-corrected chi connectivity index (χ4v) is 1.93. The molecule has 0 heterocycles. The molecule has 0 spiro atoms. The molecule has 106 valence electrons. The standard InChI is InChI=1S/C14H20ClNO3/c1-16(9-5-3-4-8-15)14(18)12-10-11(19-2)6-7-13(12)17/h6-7,10,17H,3-5,8-9H2,1-2H3. The smallest absolute Gasteiger partial charge is 0.257 e. The van der Waals surface area contributed by atoms with Gasteiger partial charge in [-0.25, -0.2) is 0 Å². The minimum atomic E-state index is -0.206. The Hall–Kier alpha value is -1.42. The van der Waals surface area contributed by atoms with Crippen LogP contribution in [0.5, 0.6) is 11.5 Å². The predicted molar refractivity (Wildman–Crippen MR) is 76.2 cm³/mol. The first-order chi connectivity index (χ1) is 9.10. The first kappa shape index (κ1) is 15.6. The second-order valence-electron chi connectivity index (χ2n) is 4.36. The number of rotatable bonds is 7.